The number of nitrogens with zero attached hydrogens (tertiary/aromatic N) is 2. The standard InChI is InChI=1S/C20H33ClN4O2.HI/c1-5-22-19(23-10-12-26-4)24-14-18(16-6-8-17(21)9-7-16)25-11-13-27-20(2,3)15-25;/h6-9,18H,5,10-15H2,1-4H3,(H2,22,23,24);1H. The second-order valence-electron chi connectivity index (χ2n) is 7.29. The van der Waals surface area contributed by atoms with Gasteiger partial charge in [0, 0.05) is 38.3 Å². The van der Waals surface area contributed by atoms with Crippen molar-refractivity contribution in [3.05, 3.63) is 34.9 Å². The Morgan fingerprint density at radius 3 is 2.64 bits per heavy atom. The van der Waals surface area contributed by atoms with Gasteiger partial charge in [-0.25, -0.2) is 0 Å². The SMILES string of the molecule is CCNC(=NCC(c1ccc(Cl)cc1)N1CCOC(C)(C)C1)NCCOC.I. The summed E-state index contributed by atoms with van der Waals surface area (Å²) in [6.07, 6.45) is 0. The highest BCUT2D eigenvalue weighted by Crippen LogP contribution is 2.28. The van der Waals surface area contributed by atoms with Gasteiger partial charge in [-0.15, -0.1) is 24.0 Å². The van der Waals surface area contributed by atoms with Gasteiger partial charge in [0.25, 0.3) is 0 Å². The second kappa shape index (κ2) is 12.8. The van der Waals surface area contributed by atoms with E-state index in [9.17, 15) is 0 Å². The molecule has 8 heteroatoms. The van der Waals surface area contributed by atoms with E-state index in [1.165, 1.54) is 5.56 Å². The van der Waals surface area contributed by atoms with E-state index in [-0.39, 0.29) is 35.6 Å². The smallest absolute Gasteiger partial charge is 0.191 e. The lowest BCUT2D eigenvalue weighted by Gasteiger charge is -2.42. The van der Waals surface area contributed by atoms with Crippen molar-refractivity contribution in [2.24, 2.45) is 4.99 Å². The summed E-state index contributed by atoms with van der Waals surface area (Å²) in [5, 5.41) is 7.35. The number of benzene rings is 1. The maximum absolute atomic E-state index is 6.09. The molecule has 1 heterocycles. The number of methoxy groups -OCH3 is 1. The van der Waals surface area contributed by atoms with Crippen LogP contribution in [0.1, 0.15) is 32.4 Å². The monoisotopic (exact) mass is 524 g/mol. The summed E-state index contributed by atoms with van der Waals surface area (Å²) >= 11 is 6.09. The van der Waals surface area contributed by atoms with Gasteiger partial charge in [0.15, 0.2) is 5.96 Å². The molecular formula is C20H34ClIN4O2. The van der Waals surface area contributed by atoms with Crippen LogP contribution < -0.4 is 10.6 Å². The number of halogens is 2. The fraction of sp³-hybridized carbons (Fsp3) is 0.650. The van der Waals surface area contributed by atoms with Crippen molar-refractivity contribution in [3.63, 3.8) is 0 Å². The van der Waals surface area contributed by atoms with Crippen molar-refractivity contribution in [2.45, 2.75) is 32.4 Å². The second-order valence-corrected chi connectivity index (χ2v) is 7.72. The Labute approximate surface area is 191 Å². The van der Waals surface area contributed by atoms with Crippen molar-refractivity contribution < 1.29 is 9.47 Å². The van der Waals surface area contributed by atoms with Crippen molar-refractivity contribution in [1.82, 2.24) is 15.5 Å². The zero-order valence-electron chi connectivity index (χ0n) is 17.3. The average Bonchev–Trinajstić information content (AvgIpc) is 2.62. The maximum atomic E-state index is 6.09. The lowest BCUT2D eigenvalue weighted by atomic mass is 10.0. The molecule has 1 saturated heterocycles. The molecule has 160 valence electrons. The van der Waals surface area contributed by atoms with Crippen LogP contribution in [0.4, 0.5) is 0 Å². The van der Waals surface area contributed by atoms with E-state index in [0.29, 0.717) is 13.2 Å². The van der Waals surface area contributed by atoms with Crippen LogP contribution in [0.25, 0.3) is 0 Å². The predicted molar refractivity (Wildman–Crippen MR) is 127 cm³/mol. The van der Waals surface area contributed by atoms with Gasteiger partial charge in [0.2, 0.25) is 0 Å². The molecule has 0 bridgehead atoms. The van der Waals surface area contributed by atoms with Gasteiger partial charge in [-0.05, 0) is 38.5 Å². The summed E-state index contributed by atoms with van der Waals surface area (Å²) in [6, 6.07) is 8.25. The summed E-state index contributed by atoms with van der Waals surface area (Å²) in [7, 11) is 1.70. The van der Waals surface area contributed by atoms with Crippen LogP contribution in [0.15, 0.2) is 29.3 Å². The molecular weight excluding hydrogens is 491 g/mol. The summed E-state index contributed by atoms with van der Waals surface area (Å²) < 4.78 is 11.0. The summed E-state index contributed by atoms with van der Waals surface area (Å²) in [5.41, 5.74) is 1.06. The number of hydrogen-bond acceptors (Lipinski definition) is 4. The Morgan fingerprint density at radius 2 is 2.04 bits per heavy atom. The minimum absolute atomic E-state index is 0. The third kappa shape index (κ3) is 8.41. The van der Waals surface area contributed by atoms with E-state index < -0.39 is 0 Å². The zero-order valence-corrected chi connectivity index (χ0v) is 20.4. The van der Waals surface area contributed by atoms with Crippen LogP contribution in [0, 0.1) is 0 Å². The summed E-state index contributed by atoms with van der Waals surface area (Å²) in [5.74, 6) is 0.807. The maximum Gasteiger partial charge on any atom is 0.191 e. The van der Waals surface area contributed by atoms with Crippen molar-refractivity contribution in [2.75, 3.05) is 53.0 Å². The minimum Gasteiger partial charge on any atom is -0.383 e. The minimum atomic E-state index is -0.159. The first-order chi connectivity index (χ1) is 12.9. The van der Waals surface area contributed by atoms with Crippen molar-refractivity contribution >= 4 is 41.5 Å². The molecule has 1 atom stereocenters. The molecule has 0 radical (unpaired) electrons. The third-order valence-corrected chi connectivity index (χ3v) is 4.77. The highest BCUT2D eigenvalue weighted by Gasteiger charge is 2.32. The van der Waals surface area contributed by atoms with Gasteiger partial charge in [0.1, 0.15) is 0 Å². The number of guanidine groups is 1. The number of aliphatic imine (C=N–C) groups is 1. The molecule has 2 rings (SSSR count). The van der Waals surface area contributed by atoms with Crippen LogP contribution in [-0.2, 0) is 9.47 Å². The number of rotatable bonds is 8. The molecule has 0 amide bonds. The molecule has 0 saturated carbocycles. The highest BCUT2D eigenvalue weighted by atomic mass is 127. The van der Waals surface area contributed by atoms with E-state index >= 15 is 0 Å². The molecule has 6 nitrogen and oxygen atoms in total. The largest absolute Gasteiger partial charge is 0.383 e. The third-order valence-electron chi connectivity index (χ3n) is 4.52. The molecule has 1 aliphatic rings. The van der Waals surface area contributed by atoms with Crippen molar-refractivity contribution in [3.8, 4) is 0 Å². The topological polar surface area (TPSA) is 58.1 Å². The van der Waals surface area contributed by atoms with Gasteiger partial charge in [0.05, 0.1) is 31.4 Å². The van der Waals surface area contributed by atoms with Gasteiger partial charge >= 0.3 is 0 Å². The molecule has 1 unspecified atom stereocenters. The number of hydrogen-bond donors (Lipinski definition) is 2. The van der Waals surface area contributed by atoms with Crippen LogP contribution in [0.2, 0.25) is 5.02 Å². The fourth-order valence-electron chi connectivity index (χ4n) is 3.23. The van der Waals surface area contributed by atoms with Crippen LogP contribution in [0.5, 0.6) is 0 Å². The molecule has 0 aliphatic carbocycles. The molecule has 2 N–H and O–H groups in total. The molecule has 1 aromatic rings. The molecule has 1 aliphatic heterocycles. The van der Waals surface area contributed by atoms with Gasteiger partial charge in [-0.1, -0.05) is 23.7 Å². The number of ether oxygens (including phenoxy) is 2. The van der Waals surface area contributed by atoms with Crippen LogP contribution >= 0.6 is 35.6 Å². The predicted octanol–water partition coefficient (Wildman–Crippen LogP) is 3.31. The molecule has 1 fully saturated rings. The first-order valence-corrected chi connectivity index (χ1v) is 9.97. The Hall–Kier alpha value is -0.610. The van der Waals surface area contributed by atoms with E-state index in [1.54, 1.807) is 7.11 Å². The first-order valence-electron chi connectivity index (χ1n) is 9.60. The lowest BCUT2D eigenvalue weighted by molar-refractivity contribution is -0.0967. The molecule has 0 aromatic heterocycles. The summed E-state index contributed by atoms with van der Waals surface area (Å²) in [6.45, 7) is 11.6. The quantitative estimate of drug-likeness (QED) is 0.237. The Kier molecular flexibility index (Phi) is 11.7. The zero-order chi connectivity index (χ0) is 19.7. The van der Waals surface area contributed by atoms with E-state index in [0.717, 1.165) is 43.8 Å². The average molecular weight is 525 g/mol. The van der Waals surface area contributed by atoms with Gasteiger partial charge in [-0.2, -0.15) is 0 Å². The molecule has 1 aromatic carbocycles. The fourth-order valence-corrected chi connectivity index (χ4v) is 3.35. The molecule has 0 spiro atoms. The van der Waals surface area contributed by atoms with E-state index in [4.69, 9.17) is 26.1 Å². The normalized spacial score (nSPS) is 18.2. The number of nitrogens with one attached hydrogen (secondary N) is 2. The van der Waals surface area contributed by atoms with Gasteiger partial charge in [-0.3, -0.25) is 9.89 Å². The lowest BCUT2D eigenvalue weighted by Crippen LogP contribution is -2.50. The Balaban J connectivity index is 0.00000392. The first kappa shape index (κ1) is 25.4. The van der Waals surface area contributed by atoms with Crippen molar-refractivity contribution in [1.29, 1.82) is 0 Å². The van der Waals surface area contributed by atoms with E-state index in [2.05, 4.69) is 48.4 Å². The molecule has 28 heavy (non-hydrogen) atoms. The number of morpholine rings is 1. The van der Waals surface area contributed by atoms with Crippen LogP contribution in [0.3, 0.4) is 0 Å². The highest BCUT2D eigenvalue weighted by molar-refractivity contribution is 14.0. The Morgan fingerprint density at radius 1 is 1.32 bits per heavy atom. The Bertz CT molecular complexity index is 598. The van der Waals surface area contributed by atoms with E-state index in [1.807, 2.05) is 12.1 Å². The summed E-state index contributed by atoms with van der Waals surface area (Å²) in [4.78, 5) is 7.28. The van der Waals surface area contributed by atoms with Crippen LogP contribution in [-0.4, -0.2) is 69.5 Å². The van der Waals surface area contributed by atoms with Gasteiger partial charge < -0.3 is 20.1 Å².